The second kappa shape index (κ2) is 7.21. The molecule has 2 aromatic rings. The van der Waals surface area contributed by atoms with Crippen LogP contribution in [0, 0.1) is 0 Å². The standard InChI is InChI=1S/C18H22N2O4/c1-18(2,13-7-6-8-19-11-13)20-17(21)12-9-14(22-3)16(24-5)15(10-12)23-4/h6-11H,1-5H3,(H,20,21). The van der Waals surface area contributed by atoms with E-state index in [1.54, 1.807) is 24.5 Å². The van der Waals surface area contributed by atoms with Gasteiger partial charge in [0.25, 0.3) is 5.91 Å². The monoisotopic (exact) mass is 330 g/mol. The molecule has 0 fully saturated rings. The molecule has 1 amide bonds. The number of nitrogens with one attached hydrogen (secondary N) is 1. The fraction of sp³-hybridized carbons (Fsp3) is 0.333. The van der Waals surface area contributed by atoms with Crippen molar-refractivity contribution in [1.29, 1.82) is 0 Å². The average molecular weight is 330 g/mol. The van der Waals surface area contributed by atoms with Crippen LogP contribution >= 0.6 is 0 Å². The third kappa shape index (κ3) is 3.59. The zero-order chi connectivity index (χ0) is 17.7. The van der Waals surface area contributed by atoms with Gasteiger partial charge in [-0.15, -0.1) is 0 Å². The Hall–Kier alpha value is -2.76. The molecule has 6 heteroatoms. The van der Waals surface area contributed by atoms with E-state index in [0.29, 0.717) is 22.8 Å². The summed E-state index contributed by atoms with van der Waals surface area (Å²) in [6, 6.07) is 7.00. The molecule has 0 aliphatic carbocycles. The summed E-state index contributed by atoms with van der Waals surface area (Å²) in [5.41, 5.74) is 0.749. The van der Waals surface area contributed by atoms with Crippen LogP contribution in [0.3, 0.4) is 0 Å². The number of pyridine rings is 1. The molecule has 0 atom stereocenters. The van der Waals surface area contributed by atoms with E-state index in [1.165, 1.54) is 21.3 Å². The van der Waals surface area contributed by atoms with E-state index in [2.05, 4.69) is 10.3 Å². The maximum atomic E-state index is 12.7. The number of benzene rings is 1. The van der Waals surface area contributed by atoms with E-state index >= 15 is 0 Å². The number of rotatable bonds is 6. The number of carbonyl (C=O) groups is 1. The summed E-state index contributed by atoms with van der Waals surface area (Å²) in [4.78, 5) is 16.8. The van der Waals surface area contributed by atoms with E-state index in [1.807, 2.05) is 26.0 Å². The van der Waals surface area contributed by atoms with Crippen LogP contribution in [-0.2, 0) is 5.54 Å². The van der Waals surface area contributed by atoms with Gasteiger partial charge in [0.15, 0.2) is 11.5 Å². The Kier molecular flexibility index (Phi) is 5.28. The maximum absolute atomic E-state index is 12.7. The van der Waals surface area contributed by atoms with Crippen LogP contribution in [0.5, 0.6) is 17.2 Å². The summed E-state index contributed by atoms with van der Waals surface area (Å²) in [6.07, 6.45) is 3.43. The highest BCUT2D eigenvalue weighted by Gasteiger charge is 2.25. The third-order valence-electron chi connectivity index (χ3n) is 3.74. The highest BCUT2D eigenvalue weighted by molar-refractivity contribution is 5.96. The van der Waals surface area contributed by atoms with Crippen molar-refractivity contribution < 1.29 is 19.0 Å². The van der Waals surface area contributed by atoms with Crippen LogP contribution in [0.25, 0.3) is 0 Å². The van der Waals surface area contributed by atoms with E-state index in [-0.39, 0.29) is 5.91 Å². The lowest BCUT2D eigenvalue weighted by molar-refractivity contribution is 0.0911. The normalized spacial score (nSPS) is 10.9. The summed E-state index contributed by atoms with van der Waals surface area (Å²) in [5, 5.41) is 3.00. The first-order valence-electron chi connectivity index (χ1n) is 7.46. The van der Waals surface area contributed by atoms with Crippen molar-refractivity contribution in [3.8, 4) is 17.2 Å². The van der Waals surface area contributed by atoms with Crippen molar-refractivity contribution in [2.45, 2.75) is 19.4 Å². The quantitative estimate of drug-likeness (QED) is 0.882. The van der Waals surface area contributed by atoms with Crippen molar-refractivity contribution in [1.82, 2.24) is 10.3 Å². The Labute approximate surface area is 141 Å². The van der Waals surface area contributed by atoms with Gasteiger partial charge in [-0.05, 0) is 37.6 Å². The van der Waals surface area contributed by atoms with Crippen LogP contribution < -0.4 is 19.5 Å². The molecule has 1 aromatic heterocycles. The molecule has 24 heavy (non-hydrogen) atoms. The second-order valence-electron chi connectivity index (χ2n) is 5.73. The lowest BCUT2D eigenvalue weighted by Crippen LogP contribution is -2.41. The zero-order valence-electron chi connectivity index (χ0n) is 14.5. The Morgan fingerprint density at radius 1 is 1.08 bits per heavy atom. The SMILES string of the molecule is COc1cc(C(=O)NC(C)(C)c2cccnc2)cc(OC)c1OC. The zero-order valence-corrected chi connectivity index (χ0v) is 14.5. The molecule has 0 saturated carbocycles. The Morgan fingerprint density at radius 3 is 2.17 bits per heavy atom. The van der Waals surface area contributed by atoms with Crippen molar-refractivity contribution >= 4 is 5.91 Å². The lowest BCUT2D eigenvalue weighted by atomic mass is 9.95. The lowest BCUT2D eigenvalue weighted by Gasteiger charge is -2.26. The molecule has 1 heterocycles. The molecule has 0 saturated heterocycles. The van der Waals surface area contributed by atoms with Gasteiger partial charge in [0.2, 0.25) is 5.75 Å². The van der Waals surface area contributed by atoms with E-state index < -0.39 is 5.54 Å². The molecular weight excluding hydrogens is 308 g/mol. The van der Waals surface area contributed by atoms with Gasteiger partial charge in [-0.25, -0.2) is 0 Å². The van der Waals surface area contributed by atoms with Crippen LogP contribution in [-0.4, -0.2) is 32.2 Å². The van der Waals surface area contributed by atoms with Gasteiger partial charge in [0, 0.05) is 18.0 Å². The predicted molar refractivity (Wildman–Crippen MR) is 90.8 cm³/mol. The topological polar surface area (TPSA) is 69.7 Å². The molecular formula is C18H22N2O4. The first-order valence-corrected chi connectivity index (χ1v) is 7.46. The predicted octanol–water partition coefficient (Wildman–Crippen LogP) is 2.77. The molecule has 0 aliphatic heterocycles. The molecule has 0 aliphatic rings. The van der Waals surface area contributed by atoms with Gasteiger partial charge in [-0.1, -0.05) is 6.07 Å². The number of ether oxygens (including phenoxy) is 3. The van der Waals surface area contributed by atoms with Crippen LogP contribution in [0.15, 0.2) is 36.7 Å². The highest BCUT2D eigenvalue weighted by Crippen LogP contribution is 2.38. The van der Waals surface area contributed by atoms with Crippen molar-refractivity contribution in [2.24, 2.45) is 0 Å². The van der Waals surface area contributed by atoms with Crippen molar-refractivity contribution in [2.75, 3.05) is 21.3 Å². The Morgan fingerprint density at radius 2 is 1.71 bits per heavy atom. The van der Waals surface area contributed by atoms with Gasteiger partial charge in [-0.2, -0.15) is 0 Å². The van der Waals surface area contributed by atoms with E-state index in [0.717, 1.165) is 5.56 Å². The van der Waals surface area contributed by atoms with Crippen LogP contribution in [0.4, 0.5) is 0 Å². The number of aromatic nitrogens is 1. The molecule has 0 spiro atoms. The first kappa shape index (κ1) is 17.6. The maximum Gasteiger partial charge on any atom is 0.252 e. The fourth-order valence-electron chi connectivity index (χ4n) is 2.37. The molecule has 0 radical (unpaired) electrons. The van der Waals surface area contributed by atoms with Gasteiger partial charge >= 0.3 is 0 Å². The molecule has 1 aromatic carbocycles. The number of amides is 1. The van der Waals surface area contributed by atoms with Crippen molar-refractivity contribution in [3.05, 3.63) is 47.8 Å². The first-order chi connectivity index (χ1) is 11.4. The van der Waals surface area contributed by atoms with Crippen LogP contribution in [0.1, 0.15) is 29.8 Å². The molecule has 0 bridgehead atoms. The summed E-state index contributed by atoms with van der Waals surface area (Å²) in [7, 11) is 4.54. The molecule has 1 N–H and O–H groups in total. The second-order valence-corrected chi connectivity index (χ2v) is 5.73. The summed E-state index contributed by atoms with van der Waals surface area (Å²) >= 11 is 0. The number of nitrogens with zero attached hydrogens (tertiary/aromatic N) is 1. The average Bonchev–Trinajstić information content (AvgIpc) is 2.60. The minimum Gasteiger partial charge on any atom is -0.493 e. The minimum atomic E-state index is -0.578. The molecule has 0 unspecified atom stereocenters. The largest absolute Gasteiger partial charge is 0.493 e. The fourth-order valence-corrected chi connectivity index (χ4v) is 2.37. The van der Waals surface area contributed by atoms with Gasteiger partial charge in [-0.3, -0.25) is 9.78 Å². The third-order valence-corrected chi connectivity index (χ3v) is 3.74. The van der Waals surface area contributed by atoms with Crippen molar-refractivity contribution in [3.63, 3.8) is 0 Å². The molecule has 2 rings (SSSR count). The Bertz CT molecular complexity index is 689. The van der Waals surface area contributed by atoms with E-state index in [4.69, 9.17) is 14.2 Å². The number of carbonyl (C=O) groups excluding carboxylic acids is 1. The summed E-state index contributed by atoms with van der Waals surface area (Å²) in [6.45, 7) is 3.83. The minimum absolute atomic E-state index is 0.247. The molecule has 6 nitrogen and oxygen atoms in total. The number of hydrogen-bond donors (Lipinski definition) is 1. The molecule has 128 valence electrons. The highest BCUT2D eigenvalue weighted by atomic mass is 16.5. The smallest absolute Gasteiger partial charge is 0.252 e. The van der Waals surface area contributed by atoms with E-state index in [9.17, 15) is 4.79 Å². The van der Waals surface area contributed by atoms with Crippen LogP contribution in [0.2, 0.25) is 0 Å². The summed E-state index contributed by atoms with van der Waals surface area (Å²) < 4.78 is 15.9. The van der Waals surface area contributed by atoms with Gasteiger partial charge in [0.1, 0.15) is 0 Å². The summed E-state index contributed by atoms with van der Waals surface area (Å²) in [5.74, 6) is 1.06. The van der Waals surface area contributed by atoms with Gasteiger partial charge in [0.05, 0.1) is 26.9 Å². The Balaban J connectivity index is 2.33. The number of hydrogen-bond acceptors (Lipinski definition) is 5. The number of methoxy groups -OCH3 is 3. The van der Waals surface area contributed by atoms with Gasteiger partial charge < -0.3 is 19.5 Å².